The second-order valence-corrected chi connectivity index (χ2v) is 7.30. The third-order valence-corrected chi connectivity index (χ3v) is 5.67. The Morgan fingerprint density at radius 2 is 0.926 bits per heavy atom. The van der Waals surface area contributed by atoms with Crippen molar-refractivity contribution in [2.45, 2.75) is 12.2 Å². The Morgan fingerprint density at radius 1 is 0.519 bits per heavy atom. The third-order valence-electron chi connectivity index (χ3n) is 5.67. The van der Waals surface area contributed by atoms with E-state index in [9.17, 15) is 0 Å². The maximum Gasteiger partial charge on any atom is 0.0906 e. The Kier molecular flexibility index (Phi) is 4.23. The maximum absolute atomic E-state index is 6.44. The van der Waals surface area contributed by atoms with Gasteiger partial charge in [-0.2, -0.15) is 0 Å². The average Bonchev–Trinajstić information content (AvgIpc) is 3.29. The average molecular weight is 350 g/mol. The molecule has 4 atom stereocenters. The van der Waals surface area contributed by atoms with Gasteiger partial charge in [0.2, 0.25) is 0 Å². The van der Waals surface area contributed by atoms with E-state index in [-0.39, 0.29) is 12.2 Å². The first kappa shape index (κ1) is 16.3. The summed E-state index contributed by atoms with van der Waals surface area (Å²) in [6.45, 7) is 0. The lowest BCUT2D eigenvalue weighted by Gasteiger charge is -2.25. The summed E-state index contributed by atoms with van der Waals surface area (Å²) < 4.78 is 6.44. The number of hydrogen-bond donors (Lipinski definition) is 0. The third kappa shape index (κ3) is 3.05. The molecule has 0 radical (unpaired) electrons. The molecule has 0 aliphatic carbocycles. The highest BCUT2D eigenvalue weighted by atomic mass is 16.5. The van der Waals surface area contributed by atoms with Gasteiger partial charge in [-0.25, -0.2) is 0 Å². The van der Waals surface area contributed by atoms with Crippen molar-refractivity contribution in [3.8, 4) is 0 Å². The van der Waals surface area contributed by atoms with Crippen molar-refractivity contribution in [1.82, 2.24) is 0 Å². The fourth-order valence-electron chi connectivity index (χ4n) is 4.36. The fourth-order valence-corrected chi connectivity index (χ4v) is 4.36. The van der Waals surface area contributed by atoms with E-state index in [1.165, 1.54) is 22.3 Å². The Hall–Kier alpha value is -2.90. The second-order valence-electron chi connectivity index (χ2n) is 7.30. The Balaban J connectivity index is 1.49. The van der Waals surface area contributed by atoms with E-state index in [1.54, 1.807) is 0 Å². The molecule has 0 N–H and O–H groups in total. The fraction of sp³-hybridized carbons (Fsp3) is 0.154. The molecule has 1 saturated heterocycles. The van der Waals surface area contributed by atoms with E-state index in [1.807, 2.05) is 0 Å². The molecule has 2 aliphatic rings. The van der Waals surface area contributed by atoms with Crippen LogP contribution in [0.25, 0.3) is 12.2 Å². The molecule has 0 amide bonds. The molecule has 5 rings (SSSR count). The van der Waals surface area contributed by atoms with Crippen LogP contribution in [0.15, 0.2) is 97.1 Å². The summed E-state index contributed by atoms with van der Waals surface area (Å²) in [4.78, 5) is 0. The van der Waals surface area contributed by atoms with Crippen LogP contribution in [-0.2, 0) is 4.74 Å². The van der Waals surface area contributed by atoms with Gasteiger partial charge in [0.05, 0.1) is 12.2 Å². The van der Waals surface area contributed by atoms with E-state index < -0.39 is 0 Å². The smallest absolute Gasteiger partial charge is 0.0906 e. The molecule has 2 heterocycles. The predicted molar refractivity (Wildman–Crippen MR) is 111 cm³/mol. The molecule has 0 saturated carbocycles. The molecule has 27 heavy (non-hydrogen) atoms. The van der Waals surface area contributed by atoms with Crippen LogP contribution in [-0.4, -0.2) is 0 Å². The molecule has 1 heteroatoms. The van der Waals surface area contributed by atoms with Crippen LogP contribution in [0.5, 0.6) is 0 Å². The monoisotopic (exact) mass is 350 g/mol. The van der Waals surface area contributed by atoms with Crippen LogP contribution in [0.4, 0.5) is 0 Å². The van der Waals surface area contributed by atoms with Gasteiger partial charge in [0, 0.05) is 11.8 Å². The first-order valence-electron chi connectivity index (χ1n) is 9.61. The van der Waals surface area contributed by atoms with Crippen LogP contribution in [0, 0.1) is 11.8 Å². The number of fused-ring (bicyclic) bond motifs is 5. The molecule has 1 fully saturated rings. The van der Waals surface area contributed by atoms with Crippen molar-refractivity contribution in [3.63, 3.8) is 0 Å². The SMILES string of the molecule is C(=C\[C@@H]1[C@H](/C=C/c2ccccc2)[C@@H]2O[C@H]1c1ccccc12)/c1ccccc1. The topological polar surface area (TPSA) is 9.23 Å². The minimum Gasteiger partial charge on any atom is -0.364 e. The zero-order valence-corrected chi connectivity index (χ0v) is 15.1. The lowest BCUT2D eigenvalue weighted by atomic mass is 9.75. The second kappa shape index (κ2) is 7.02. The van der Waals surface area contributed by atoms with Crippen LogP contribution in [0.3, 0.4) is 0 Å². The van der Waals surface area contributed by atoms with Gasteiger partial charge in [-0.3, -0.25) is 0 Å². The lowest BCUT2D eigenvalue weighted by Crippen LogP contribution is -2.18. The first-order valence-corrected chi connectivity index (χ1v) is 9.61. The van der Waals surface area contributed by atoms with Gasteiger partial charge >= 0.3 is 0 Å². The molecule has 0 spiro atoms. The van der Waals surface area contributed by atoms with Crippen LogP contribution < -0.4 is 0 Å². The highest BCUT2D eigenvalue weighted by Gasteiger charge is 2.49. The summed E-state index contributed by atoms with van der Waals surface area (Å²) in [7, 11) is 0. The van der Waals surface area contributed by atoms with Crippen molar-refractivity contribution in [3.05, 3.63) is 119 Å². The van der Waals surface area contributed by atoms with Gasteiger partial charge in [-0.15, -0.1) is 0 Å². The van der Waals surface area contributed by atoms with Crippen molar-refractivity contribution in [2.75, 3.05) is 0 Å². The van der Waals surface area contributed by atoms with E-state index >= 15 is 0 Å². The van der Waals surface area contributed by atoms with Crippen LogP contribution in [0.1, 0.15) is 34.5 Å². The molecular weight excluding hydrogens is 328 g/mol. The van der Waals surface area contributed by atoms with E-state index in [0.29, 0.717) is 11.8 Å². The summed E-state index contributed by atoms with van der Waals surface area (Å²) in [6, 6.07) is 29.7. The number of benzene rings is 3. The summed E-state index contributed by atoms with van der Waals surface area (Å²) in [5.74, 6) is 0.704. The zero-order chi connectivity index (χ0) is 18.1. The number of rotatable bonds is 4. The molecule has 0 aromatic heterocycles. The molecule has 2 aliphatic heterocycles. The van der Waals surface area contributed by atoms with Gasteiger partial charge in [0.15, 0.2) is 0 Å². The highest BCUT2D eigenvalue weighted by Crippen LogP contribution is 2.58. The highest BCUT2D eigenvalue weighted by molar-refractivity contribution is 5.54. The summed E-state index contributed by atoms with van der Waals surface area (Å²) >= 11 is 0. The lowest BCUT2D eigenvalue weighted by molar-refractivity contribution is 0.0602. The summed E-state index contributed by atoms with van der Waals surface area (Å²) in [5.41, 5.74) is 5.18. The van der Waals surface area contributed by atoms with Gasteiger partial charge in [-0.1, -0.05) is 109 Å². The maximum atomic E-state index is 6.44. The Labute approximate surface area is 160 Å². The van der Waals surface area contributed by atoms with Gasteiger partial charge in [0.1, 0.15) is 0 Å². The molecule has 132 valence electrons. The standard InChI is InChI=1S/C26H22O/c1-3-9-19(10-4-1)15-17-23-24(18-16-20-11-5-2-6-12-20)26-22-14-8-7-13-21(22)25(23)27-26/h1-18,23-26H/b17-15+,18-16+/t23-,24+,25+,26-. The van der Waals surface area contributed by atoms with Crippen molar-refractivity contribution >= 4 is 12.2 Å². The number of ether oxygens (including phenoxy) is 1. The Bertz CT molecular complexity index is 891. The minimum absolute atomic E-state index is 0.150. The van der Waals surface area contributed by atoms with E-state index in [4.69, 9.17) is 4.74 Å². The van der Waals surface area contributed by atoms with Gasteiger partial charge in [0.25, 0.3) is 0 Å². The normalized spacial score (nSPS) is 26.1. The zero-order valence-electron chi connectivity index (χ0n) is 15.1. The molecule has 3 aromatic rings. The van der Waals surface area contributed by atoms with Crippen LogP contribution in [0.2, 0.25) is 0 Å². The Morgan fingerprint density at radius 3 is 1.37 bits per heavy atom. The largest absolute Gasteiger partial charge is 0.364 e. The van der Waals surface area contributed by atoms with E-state index in [2.05, 4.69) is 109 Å². The molecule has 2 bridgehead atoms. The van der Waals surface area contributed by atoms with Crippen LogP contribution >= 0.6 is 0 Å². The summed E-state index contributed by atoms with van der Waals surface area (Å²) in [5, 5.41) is 0. The molecule has 0 unspecified atom stereocenters. The predicted octanol–water partition coefficient (Wildman–Crippen LogP) is 6.47. The van der Waals surface area contributed by atoms with Crippen molar-refractivity contribution < 1.29 is 4.74 Å². The molecular formula is C26H22O. The number of hydrogen-bond acceptors (Lipinski definition) is 1. The molecule has 3 aromatic carbocycles. The minimum atomic E-state index is 0.150. The van der Waals surface area contributed by atoms with Gasteiger partial charge < -0.3 is 4.74 Å². The van der Waals surface area contributed by atoms with Crippen molar-refractivity contribution in [1.29, 1.82) is 0 Å². The summed E-state index contributed by atoms with van der Waals surface area (Å²) in [6.07, 6.45) is 9.46. The quantitative estimate of drug-likeness (QED) is 0.524. The first-order chi connectivity index (χ1) is 13.4. The van der Waals surface area contributed by atoms with Crippen molar-refractivity contribution in [2.24, 2.45) is 11.8 Å². The van der Waals surface area contributed by atoms with E-state index in [0.717, 1.165) is 0 Å². The van der Waals surface area contributed by atoms with Gasteiger partial charge in [-0.05, 0) is 22.3 Å². The molecule has 1 nitrogen and oxygen atoms in total.